The maximum absolute atomic E-state index is 10.2. The van der Waals surface area contributed by atoms with Crippen molar-refractivity contribution >= 4 is 0 Å². The van der Waals surface area contributed by atoms with Crippen molar-refractivity contribution in [3.05, 3.63) is 35.4 Å². The van der Waals surface area contributed by atoms with Crippen molar-refractivity contribution in [3.8, 4) is 0 Å². The Morgan fingerprint density at radius 1 is 1.07 bits per heavy atom. The molecule has 2 aliphatic rings. The third-order valence-corrected chi connectivity index (χ3v) is 3.98. The normalized spacial score (nSPS) is 24.3. The Labute approximate surface area is 91.1 Å². The van der Waals surface area contributed by atoms with Crippen LogP contribution >= 0.6 is 0 Å². The summed E-state index contributed by atoms with van der Waals surface area (Å²) in [5.74, 6) is 0.714. The van der Waals surface area contributed by atoms with E-state index in [9.17, 15) is 5.11 Å². The van der Waals surface area contributed by atoms with Gasteiger partial charge in [0.2, 0.25) is 0 Å². The minimum absolute atomic E-state index is 0.459. The van der Waals surface area contributed by atoms with Crippen LogP contribution in [0.1, 0.15) is 55.6 Å². The largest absolute Gasteiger partial charge is 0.385 e. The van der Waals surface area contributed by atoms with Gasteiger partial charge >= 0.3 is 0 Å². The van der Waals surface area contributed by atoms with Crippen molar-refractivity contribution < 1.29 is 5.11 Å². The summed E-state index contributed by atoms with van der Waals surface area (Å²) in [6.45, 7) is 0. The van der Waals surface area contributed by atoms with Crippen molar-refractivity contribution in [2.24, 2.45) is 0 Å². The third-order valence-electron chi connectivity index (χ3n) is 3.98. The Balaban J connectivity index is 1.98. The Morgan fingerprint density at radius 3 is 2.40 bits per heavy atom. The Morgan fingerprint density at radius 2 is 1.73 bits per heavy atom. The van der Waals surface area contributed by atoms with Crippen LogP contribution in [0.2, 0.25) is 0 Å². The topological polar surface area (TPSA) is 20.2 Å². The molecule has 0 saturated heterocycles. The fraction of sp³-hybridized carbons (Fsp3) is 0.571. The quantitative estimate of drug-likeness (QED) is 0.780. The summed E-state index contributed by atoms with van der Waals surface area (Å²) in [5, 5.41) is 10.2. The smallest absolute Gasteiger partial charge is 0.0901 e. The van der Waals surface area contributed by atoms with Crippen LogP contribution in [0, 0.1) is 0 Å². The fourth-order valence-corrected chi connectivity index (χ4v) is 2.90. The first-order valence-electron chi connectivity index (χ1n) is 6.11. The number of hydrogen-bond acceptors (Lipinski definition) is 1. The molecule has 1 nitrogen and oxygen atoms in total. The lowest BCUT2D eigenvalue weighted by Crippen LogP contribution is -2.10. The molecule has 1 heteroatoms. The van der Waals surface area contributed by atoms with E-state index in [1.54, 1.807) is 0 Å². The first-order chi connectivity index (χ1) is 7.30. The van der Waals surface area contributed by atoms with Gasteiger partial charge in [-0.05, 0) is 42.7 Å². The van der Waals surface area contributed by atoms with E-state index in [-0.39, 0.29) is 0 Å². The second kappa shape index (κ2) is 3.34. The molecule has 2 aliphatic carbocycles. The number of benzene rings is 1. The summed E-state index contributed by atoms with van der Waals surface area (Å²) in [6, 6.07) is 8.52. The predicted molar refractivity (Wildman–Crippen MR) is 60.8 cm³/mol. The van der Waals surface area contributed by atoms with Gasteiger partial charge in [0.1, 0.15) is 0 Å². The molecule has 2 saturated carbocycles. The lowest BCUT2D eigenvalue weighted by Gasteiger charge is -2.18. The minimum atomic E-state index is -0.459. The molecule has 3 rings (SSSR count). The minimum Gasteiger partial charge on any atom is -0.385 e. The van der Waals surface area contributed by atoms with Crippen LogP contribution in [0.3, 0.4) is 0 Å². The summed E-state index contributed by atoms with van der Waals surface area (Å²) >= 11 is 0. The monoisotopic (exact) mass is 202 g/mol. The highest BCUT2D eigenvalue weighted by Gasteiger charge is 2.44. The molecule has 0 unspecified atom stereocenters. The molecule has 0 amide bonds. The van der Waals surface area contributed by atoms with Gasteiger partial charge in [0.25, 0.3) is 0 Å². The van der Waals surface area contributed by atoms with E-state index in [1.807, 2.05) is 0 Å². The van der Waals surface area contributed by atoms with Crippen LogP contribution < -0.4 is 0 Å². The summed E-state index contributed by atoms with van der Waals surface area (Å²) in [6.07, 6.45) is 7.25. The molecule has 1 aromatic rings. The van der Waals surface area contributed by atoms with Crippen molar-refractivity contribution in [1.82, 2.24) is 0 Å². The molecule has 0 aromatic heterocycles. The number of aliphatic hydroxyl groups is 1. The van der Waals surface area contributed by atoms with Gasteiger partial charge in [0.15, 0.2) is 0 Å². The zero-order valence-corrected chi connectivity index (χ0v) is 9.08. The second-order valence-electron chi connectivity index (χ2n) is 5.10. The summed E-state index contributed by atoms with van der Waals surface area (Å²) in [7, 11) is 0. The van der Waals surface area contributed by atoms with Gasteiger partial charge in [0, 0.05) is 0 Å². The van der Waals surface area contributed by atoms with Crippen molar-refractivity contribution in [3.63, 3.8) is 0 Å². The highest BCUT2D eigenvalue weighted by Crippen LogP contribution is 2.49. The second-order valence-corrected chi connectivity index (χ2v) is 5.10. The van der Waals surface area contributed by atoms with Gasteiger partial charge in [0.05, 0.1) is 5.60 Å². The van der Waals surface area contributed by atoms with E-state index >= 15 is 0 Å². The van der Waals surface area contributed by atoms with Crippen LogP contribution in [-0.2, 0) is 5.60 Å². The van der Waals surface area contributed by atoms with Crippen LogP contribution in [0.4, 0.5) is 0 Å². The van der Waals surface area contributed by atoms with Gasteiger partial charge in [-0.2, -0.15) is 0 Å². The number of hydrogen-bond donors (Lipinski definition) is 1. The molecular weight excluding hydrogens is 184 g/mol. The molecule has 1 N–H and O–H groups in total. The summed E-state index contributed by atoms with van der Waals surface area (Å²) in [4.78, 5) is 0. The van der Waals surface area contributed by atoms with E-state index in [1.165, 1.54) is 36.8 Å². The van der Waals surface area contributed by atoms with E-state index in [0.29, 0.717) is 5.92 Å². The number of rotatable bonds is 2. The molecule has 0 aliphatic heterocycles. The third kappa shape index (κ3) is 1.59. The lowest BCUT2D eigenvalue weighted by atomic mass is 9.89. The van der Waals surface area contributed by atoms with Crippen LogP contribution in [0.5, 0.6) is 0 Å². The van der Waals surface area contributed by atoms with Gasteiger partial charge in [-0.1, -0.05) is 37.1 Å². The maximum atomic E-state index is 10.2. The van der Waals surface area contributed by atoms with E-state index in [4.69, 9.17) is 0 Å². The Kier molecular flexibility index (Phi) is 2.10. The molecule has 0 heterocycles. The van der Waals surface area contributed by atoms with Gasteiger partial charge in [-0.25, -0.2) is 0 Å². The zero-order chi connectivity index (χ0) is 10.3. The van der Waals surface area contributed by atoms with Crippen LogP contribution in [0.15, 0.2) is 24.3 Å². The molecular formula is C14H18O. The first kappa shape index (κ1) is 9.41. The maximum Gasteiger partial charge on any atom is 0.0901 e. The standard InChI is InChI=1S/C14H18O/c15-14(9-10-14)13-8-4-3-7-12(13)11-5-1-2-6-11/h3-4,7-8,11,15H,1-2,5-6,9-10H2. The zero-order valence-electron chi connectivity index (χ0n) is 9.08. The van der Waals surface area contributed by atoms with Crippen molar-refractivity contribution in [1.29, 1.82) is 0 Å². The van der Waals surface area contributed by atoms with Crippen molar-refractivity contribution in [2.45, 2.75) is 50.0 Å². The van der Waals surface area contributed by atoms with Gasteiger partial charge < -0.3 is 5.11 Å². The molecule has 0 spiro atoms. The predicted octanol–water partition coefficient (Wildman–Crippen LogP) is 3.33. The van der Waals surface area contributed by atoms with Gasteiger partial charge in [-0.15, -0.1) is 0 Å². The van der Waals surface area contributed by atoms with Crippen LogP contribution in [0.25, 0.3) is 0 Å². The lowest BCUT2D eigenvalue weighted by molar-refractivity contribution is 0.150. The molecule has 0 bridgehead atoms. The molecule has 0 radical (unpaired) electrons. The highest BCUT2D eigenvalue weighted by atomic mass is 16.3. The Hall–Kier alpha value is -0.820. The van der Waals surface area contributed by atoms with Crippen LogP contribution in [-0.4, -0.2) is 5.11 Å². The van der Waals surface area contributed by atoms with E-state index in [2.05, 4.69) is 24.3 Å². The van der Waals surface area contributed by atoms with Gasteiger partial charge in [-0.3, -0.25) is 0 Å². The average Bonchev–Trinajstić information content (AvgIpc) is 2.84. The average molecular weight is 202 g/mol. The first-order valence-corrected chi connectivity index (χ1v) is 6.11. The summed E-state index contributed by atoms with van der Waals surface area (Å²) < 4.78 is 0. The summed E-state index contributed by atoms with van der Waals surface area (Å²) in [5.41, 5.74) is 2.19. The fourth-order valence-electron chi connectivity index (χ4n) is 2.90. The van der Waals surface area contributed by atoms with Crippen molar-refractivity contribution in [2.75, 3.05) is 0 Å². The SMILES string of the molecule is OC1(c2ccccc2C2CCCC2)CC1. The molecule has 15 heavy (non-hydrogen) atoms. The van der Waals surface area contributed by atoms with E-state index < -0.39 is 5.60 Å². The molecule has 80 valence electrons. The molecule has 1 aromatic carbocycles. The Bertz CT molecular complexity index is 359. The highest BCUT2D eigenvalue weighted by molar-refractivity contribution is 5.38. The van der Waals surface area contributed by atoms with E-state index in [0.717, 1.165) is 12.8 Å². The molecule has 2 fully saturated rings. The molecule has 0 atom stereocenters.